The number of nitrogens with zero attached hydrogens (tertiary/aromatic N) is 2. The molecule has 1 aromatic carbocycles. The summed E-state index contributed by atoms with van der Waals surface area (Å²) >= 11 is 7.20. The van der Waals surface area contributed by atoms with Gasteiger partial charge in [0.2, 0.25) is 5.91 Å². The van der Waals surface area contributed by atoms with Gasteiger partial charge in [-0.1, -0.05) is 18.5 Å². The summed E-state index contributed by atoms with van der Waals surface area (Å²) in [5.74, 6) is 0.103. The first-order valence-corrected chi connectivity index (χ1v) is 10.3. The Labute approximate surface area is 167 Å². The summed E-state index contributed by atoms with van der Waals surface area (Å²) in [5.41, 5.74) is 1.43. The van der Waals surface area contributed by atoms with Crippen molar-refractivity contribution in [3.8, 4) is 0 Å². The fourth-order valence-electron chi connectivity index (χ4n) is 3.12. The van der Waals surface area contributed by atoms with E-state index in [9.17, 15) is 9.59 Å². The number of thiazole rings is 1. The Bertz CT molecular complexity index is 793. The Morgan fingerprint density at radius 3 is 2.85 bits per heavy atom. The minimum absolute atomic E-state index is 0.111. The molecule has 1 aromatic heterocycles. The fourth-order valence-corrected chi connectivity index (χ4v) is 3.97. The zero-order valence-electron chi connectivity index (χ0n) is 15.2. The molecule has 0 unspecified atom stereocenters. The molecule has 1 saturated heterocycles. The number of anilines is 1. The fraction of sp³-hybridized carbons (Fsp3) is 0.421. The monoisotopic (exact) mass is 406 g/mol. The normalized spacial score (nSPS) is 17.5. The third-order valence-electron chi connectivity index (χ3n) is 4.44. The maximum Gasteiger partial charge on any atom is 0.251 e. The lowest BCUT2D eigenvalue weighted by atomic mass is 10.0. The summed E-state index contributed by atoms with van der Waals surface area (Å²) in [6.45, 7) is 5.16. The minimum Gasteiger partial charge on any atom is -0.343 e. The lowest BCUT2D eigenvalue weighted by molar-refractivity contribution is -0.115. The van der Waals surface area contributed by atoms with Gasteiger partial charge in [0.15, 0.2) is 5.13 Å². The second-order valence-electron chi connectivity index (χ2n) is 6.86. The van der Waals surface area contributed by atoms with Gasteiger partial charge in [-0.25, -0.2) is 4.98 Å². The number of hydrogen-bond donors (Lipinski definition) is 2. The van der Waals surface area contributed by atoms with Gasteiger partial charge in [0.1, 0.15) is 0 Å². The Morgan fingerprint density at radius 2 is 2.11 bits per heavy atom. The minimum atomic E-state index is -0.319. The predicted octanol–water partition coefficient (Wildman–Crippen LogP) is 3.40. The third kappa shape index (κ3) is 6.02. The van der Waals surface area contributed by atoms with E-state index in [1.165, 1.54) is 24.2 Å². The van der Waals surface area contributed by atoms with Crippen LogP contribution in [0.3, 0.4) is 0 Å². The molecule has 0 spiro atoms. The zero-order chi connectivity index (χ0) is 19.2. The average molecular weight is 407 g/mol. The molecular weight excluding hydrogens is 384 g/mol. The van der Waals surface area contributed by atoms with E-state index in [0.717, 1.165) is 31.2 Å². The standard InChI is InChI=1S/C19H23ClN4O2S/c1-13-3-2-8-24(10-13)11-16-12-27-19(22-16)23-17(25)9-21-18(26)14-4-6-15(20)7-5-14/h4-7,12-13H,2-3,8-11H2,1H3,(H,21,26)(H,22,23,25)/t13-/m1/s1. The molecule has 6 nitrogen and oxygen atoms in total. The number of rotatable bonds is 6. The first-order chi connectivity index (χ1) is 13.0. The van der Waals surface area contributed by atoms with Crippen LogP contribution in [0, 0.1) is 5.92 Å². The number of aromatic nitrogens is 1. The van der Waals surface area contributed by atoms with Gasteiger partial charge in [0.25, 0.3) is 5.91 Å². The van der Waals surface area contributed by atoms with Crippen LogP contribution in [0.2, 0.25) is 5.02 Å². The van der Waals surface area contributed by atoms with Crippen LogP contribution >= 0.6 is 22.9 Å². The van der Waals surface area contributed by atoms with Gasteiger partial charge < -0.3 is 10.6 Å². The summed E-state index contributed by atoms with van der Waals surface area (Å²) in [7, 11) is 0. The highest BCUT2D eigenvalue weighted by atomic mass is 35.5. The van der Waals surface area contributed by atoms with E-state index >= 15 is 0 Å². The van der Waals surface area contributed by atoms with Crippen LogP contribution in [0.1, 0.15) is 35.8 Å². The number of carbonyl (C=O) groups excluding carboxylic acids is 2. The van der Waals surface area contributed by atoms with E-state index in [4.69, 9.17) is 11.6 Å². The van der Waals surface area contributed by atoms with E-state index < -0.39 is 0 Å². The Kier molecular flexibility index (Phi) is 6.82. The molecule has 3 rings (SSSR count). The molecule has 1 atom stereocenters. The van der Waals surface area contributed by atoms with Gasteiger partial charge in [-0.05, 0) is 49.6 Å². The number of hydrogen-bond acceptors (Lipinski definition) is 5. The van der Waals surface area contributed by atoms with Gasteiger partial charge in [0, 0.05) is 29.1 Å². The number of halogens is 1. The maximum absolute atomic E-state index is 12.1. The number of carbonyl (C=O) groups is 2. The molecule has 27 heavy (non-hydrogen) atoms. The summed E-state index contributed by atoms with van der Waals surface area (Å²) in [5, 5.41) is 8.42. The van der Waals surface area contributed by atoms with Gasteiger partial charge in [-0.3, -0.25) is 14.5 Å². The molecule has 144 valence electrons. The lowest BCUT2D eigenvalue weighted by Gasteiger charge is -2.30. The Hall–Kier alpha value is -1.96. The second kappa shape index (κ2) is 9.30. The van der Waals surface area contributed by atoms with Crippen molar-refractivity contribution < 1.29 is 9.59 Å². The van der Waals surface area contributed by atoms with Crippen molar-refractivity contribution in [2.45, 2.75) is 26.3 Å². The number of nitrogens with one attached hydrogen (secondary N) is 2. The Morgan fingerprint density at radius 1 is 1.33 bits per heavy atom. The summed E-state index contributed by atoms with van der Waals surface area (Å²) in [4.78, 5) is 31.0. The van der Waals surface area contributed by atoms with E-state index in [1.807, 2.05) is 5.38 Å². The molecule has 0 radical (unpaired) electrons. The molecule has 1 aliphatic rings. The summed E-state index contributed by atoms with van der Waals surface area (Å²) in [6, 6.07) is 6.50. The molecular formula is C19H23ClN4O2S. The maximum atomic E-state index is 12.1. The van der Waals surface area contributed by atoms with E-state index in [1.54, 1.807) is 24.3 Å². The largest absolute Gasteiger partial charge is 0.343 e. The van der Waals surface area contributed by atoms with Crippen molar-refractivity contribution in [2.24, 2.45) is 5.92 Å². The average Bonchev–Trinajstić information content (AvgIpc) is 3.07. The van der Waals surface area contributed by atoms with E-state index in [-0.39, 0.29) is 18.4 Å². The molecule has 2 aromatic rings. The highest BCUT2D eigenvalue weighted by molar-refractivity contribution is 7.13. The van der Waals surface area contributed by atoms with Crippen LogP contribution in [0.15, 0.2) is 29.6 Å². The van der Waals surface area contributed by atoms with Crippen LogP contribution in [-0.4, -0.2) is 41.3 Å². The van der Waals surface area contributed by atoms with Gasteiger partial charge in [0.05, 0.1) is 12.2 Å². The number of amides is 2. The van der Waals surface area contributed by atoms with E-state index in [2.05, 4.69) is 27.4 Å². The summed E-state index contributed by atoms with van der Waals surface area (Å²) in [6.07, 6.45) is 2.51. The van der Waals surface area contributed by atoms with Crippen molar-refractivity contribution in [3.05, 3.63) is 45.9 Å². The van der Waals surface area contributed by atoms with Gasteiger partial charge in [-0.2, -0.15) is 0 Å². The van der Waals surface area contributed by atoms with Crippen LogP contribution < -0.4 is 10.6 Å². The SMILES string of the molecule is C[C@@H]1CCCN(Cc2csc(NC(=O)CNC(=O)c3ccc(Cl)cc3)n2)C1. The van der Waals surface area contributed by atoms with Gasteiger partial charge in [-0.15, -0.1) is 11.3 Å². The molecule has 1 fully saturated rings. The number of benzene rings is 1. The van der Waals surface area contributed by atoms with E-state index in [0.29, 0.717) is 15.7 Å². The molecule has 2 heterocycles. The van der Waals surface area contributed by atoms with Crippen LogP contribution in [0.4, 0.5) is 5.13 Å². The topological polar surface area (TPSA) is 74.3 Å². The predicted molar refractivity (Wildman–Crippen MR) is 108 cm³/mol. The van der Waals surface area contributed by atoms with Crippen molar-refractivity contribution >= 4 is 39.9 Å². The third-order valence-corrected chi connectivity index (χ3v) is 5.50. The molecule has 2 amide bonds. The molecule has 0 saturated carbocycles. The first kappa shape index (κ1) is 19.8. The van der Waals surface area contributed by atoms with Crippen molar-refractivity contribution in [2.75, 3.05) is 25.0 Å². The number of piperidine rings is 1. The lowest BCUT2D eigenvalue weighted by Crippen LogP contribution is -2.34. The van der Waals surface area contributed by atoms with Crippen molar-refractivity contribution in [1.29, 1.82) is 0 Å². The van der Waals surface area contributed by atoms with Crippen LogP contribution in [-0.2, 0) is 11.3 Å². The Balaban J connectivity index is 1.45. The molecule has 2 N–H and O–H groups in total. The van der Waals surface area contributed by atoms with Crippen molar-refractivity contribution in [3.63, 3.8) is 0 Å². The quantitative estimate of drug-likeness (QED) is 0.771. The second-order valence-corrected chi connectivity index (χ2v) is 8.16. The van der Waals surface area contributed by atoms with Gasteiger partial charge >= 0.3 is 0 Å². The van der Waals surface area contributed by atoms with Crippen LogP contribution in [0.5, 0.6) is 0 Å². The molecule has 0 bridgehead atoms. The molecule has 0 aliphatic carbocycles. The van der Waals surface area contributed by atoms with Crippen molar-refractivity contribution in [1.82, 2.24) is 15.2 Å². The first-order valence-electron chi connectivity index (χ1n) is 9.00. The summed E-state index contributed by atoms with van der Waals surface area (Å²) < 4.78 is 0. The van der Waals surface area contributed by atoms with Crippen LogP contribution in [0.25, 0.3) is 0 Å². The smallest absolute Gasteiger partial charge is 0.251 e. The highest BCUT2D eigenvalue weighted by Crippen LogP contribution is 2.20. The number of likely N-dealkylation sites (tertiary alicyclic amines) is 1. The zero-order valence-corrected chi connectivity index (χ0v) is 16.8. The molecule has 8 heteroatoms. The highest BCUT2D eigenvalue weighted by Gasteiger charge is 2.17. The molecule has 1 aliphatic heterocycles.